The molecule has 1 heterocycles. The Labute approximate surface area is 113 Å². The summed E-state index contributed by atoms with van der Waals surface area (Å²) in [4.78, 5) is 15.8. The first-order chi connectivity index (χ1) is 9.26. The molecule has 4 heteroatoms. The monoisotopic (exact) mass is 257 g/mol. The third-order valence-corrected chi connectivity index (χ3v) is 3.01. The molecule has 4 nitrogen and oxygen atoms in total. The van der Waals surface area contributed by atoms with Gasteiger partial charge in [-0.2, -0.15) is 0 Å². The van der Waals surface area contributed by atoms with Crippen LogP contribution in [-0.4, -0.2) is 22.0 Å². The predicted octanol–water partition coefficient (Wildman–Crippen LogP) is 2.29. The summed E-state index contributed by atoms with van der Waals surface area (Å²) < 4.78 is 2.23. The van der Waals surface area contributed by atoms with Crippen molar-refractivity contribution in [1.29, 1.82) is 0 Å². The van der Waals surface area contributed by atoms with Gasteiger partial charge in [-0.3, -0.25) is 4.79 Å². The van der Waals surface area contributed by atoms with Gasteiger partial charge >= 0.3 is 0 Å². The minimum Gasteiger partial charge on any atom is -0.352 e. The van der Waals surface area contributed by atoms with Gasteiger partial charge in [-0.05, 0) is 24.6 Å². The second-order valence-electron chi connectivity index (χ2n) is 4.41. The average Bonchev–Trinajstić information content (AvgIpc) is 2.77. The molecule has 1 N–H and O–H groups in total. The minimum atomic E-state index is -0.141. The third-order valence-electron chi connectivity index (χ3n) is 3.01. The van der Waals surface area contributed by atoms with Crippen molar-refractivity contribution in [3.63, 3.8) is 0 Å². The minimum absolute atomic E-state index is 0.141. The largest absolute Gasteiger partial charge is 0.352 e. The highest BCUT2D eigenvalue weighted by atomic mass is 16.1. The molecule has 0 aliphatic carbocycles. The quantitative estimate of drug-likeness (QED) is 0.807. The first kappa shape index (κ1) is 13.3. The lowest BCUT2D eigenvalue weighted by molar-refractivity contribution is -0.116. The number of hydrogen-bond donors (Lipinski definition) is 1. The summed E-state index contributed by atoms with van der Waals surface area (Å²) in [7, 11) is 0. The SMILES string of the molecule is C=CC(=O)NCCc1nc2ccccc2n1CCC. The zero-order valence-electron chi connectivity index (χ0n) is 11.2. The second kappa shape index (κ2) is 6.18. The first-order valence-corrected chi connectivity index (χ1v) is 6.60. The Hall–Kier alpha value is -2.10. The van der Waals surface area contributed by atoms with Crippen LogP contribution in [0.15, 0.2) is 36.9 Å². The molecule has 0 fully saturated rings. The van der Waals surface area contributed by atoms with Crippen LogP contribution in [0.1, 0.15) is 19.2 Å². The number of amides is 1. The van der Waals surface area contributed by atoms with Crippen molar-refractivity contribution in [2.24, 2.45) is 0 Å². The zero-order valence-corrected chi connectivity index (χ0v) is 11.2. The lowest BCUT2D eigenvalue weighted by atomic mass is 10.3. The van der Waals surface area contributed by atoms with Crippen LogP contribution in [0.5, 0.6) is 0 Å². The van der Waals surface area contributed by atoms with E-state index >= 15 is 0 Å². The van der Waals surface area contributed by atoms with Gasteiger partial charge in [0.05, 0.1) is 11.0 Å². The molecule has 0 radical (unpaired) electrons. The van der Waals surface area contributed by atoms with Crippen molar-refractivity contribution in [2.45, 2.75) is 26.3 Å². The lowest BCUT2D eigenvalue weighted by Crippen LogP contribution is -2.24. The lowest BCUT2D eigenvalue weighted by Gasteiger charge is -2.07. The Morgan fingerprint density at radius 1 is 1.47 bits per heavy atom. The number of aromatic nitrogens is 2. The van der Waals surface area contributed by atoms with E-state index in [-0.39, 0.29) is 5.91 Å². The van der Waals surface area contributed by atoms with Gasteiger partial charge in [-0.15, -0.1) is 0 Å². The van der Waals surface area contributed by atoms with Crippen LogP contribution in [-0.2, 0) is 17.8 Å². The van der Waals surface area contributed by atoms with E-state index in [0.717, 1.165) is 36.2 Å². The normalized spacial score (nSPS) is 10.6. The van der Waals surface area contributed by atoms with Gasteiger partial charge in [0.2, 0.25) is 5.91 Å². The fourth-order valence-corrected chi connectivity index (χ4v) is 2.16. The highest BCUT2D eigenvalue weighted by molar-refractivity contribution is 5.86. The molecule has 2 aromatic rings. The molecule has 0 saturated heterocycles. The number of carbonyl (C=O) groups excluding carboxylic acids is 1. The average molecular weight is 257 g/mol. The van der Waals surface area contributed by atoms with E-state index < -0.39 is 0 Å². The van der Waals surface area contributed by atoms with Crippen molar-refractivity contribution in [1.82, 2.24) is 14.9 Å². The number of nitrogens with zero attached hydrogens (tertiary/aromatic N) is 2. The van der Waals surface area contributed by atoms with Crippen LogP contribution in [0.4, 0.5) is 0 Å². The highest BCUT2D eigenvalue weighted by Crippen LogP contribution is 2.16. The van der Waals surface area contributed by atoms with Crippen LogP contribution >= 0.6 is 0 Å². The number of aryl methyl sites for hydroxylation is 1. The summed E-state index contributed by atoms with van der Waals surface area (Å²) in [5, 5.41) is 2.78. The zero-order chi connectivity index (χ0) is 13.7. The standard InChI is InChI=1S/C15H19N3O/c1-3-11-18-13-8-6-5-7-12(13)17-14(18)9-10-16-15(19)4-2/h4-8H,2-3,9-11H2,1H3,(H,16,19). The van der Waals surface area contributed by atoms with Crippen LogP contribution in [0.2, 0.25) is 0 Å². The fraction of sp³-hybridized carbons (Fsp3) is 0.333. The van der Waals surface area contributed by atoms with Crippen molar-refractivity contribution in [3.8, 4) is 0 Å². The molecule has 19 heavy (non-hydrogen) atoms. The molecule has 2 rings (SSSR count). The molecule has 1 aromatic carbocycles. The highest BCUT2D eigenvalue weighted by Gasteiger charge is 2.09. The molecular weight excluding hydrogens is 238 g/mol. The number of rotatable bonds is 6. The first-order valence-electron chi connectivity index (χ1n) is 6.60. The number of fused-ring (bicyclic) bond motifs is 1. The van der Waals surface area contributed by atoms with E-state index in [9.17, 15) is 4.79 Å². The van der Waals surface area contributed by atoms with Crippen molar-refractivity contribution in [2.75, 3.05) is 6.54 Å². The smallest absolute Gasteiger partial charge is 0.243 e. The number of hydrogen-bond acceptors (Lipinski definition) is 2. The van der Waals surface area contributed by atoms with Gasteiger partial charge in [0.25, 0.3) is 0 Å². The van der Waals surface area contributed by atoms with E-state index in [1.165, 1.54) is 6.08 Å². The van der Waals surface area contributed by atoms with Crippen LogP contribution < -0.4 is 5.32 Å². The Morgan fingerprint density at radius 2 is 2.26 bits per heavy atom. The Kier molecular flexibility index (Phi) is 4.34. The molecule has 0 saturated carbocycles. The molecular formula is C15H19N3O. The fourth-order valence-electron chi connectivity index (χ4n) is 2.16. The van der Waals surface area contributed by atoms with Crippen LogP contribution in [0, 0.1) is 0 Å². The molecule has 1 aromatic heterocycles. The topological polar surface area (TPSA) is 46.9 Å². The van der Waals surface area contributed by atoms with Gasteiger partial charge < -0.3 is 9.88 Å². The number of imidazole rings is 1. The van der Waals surface area contributed by atoms with E-state index in [1.807, 2.05) is 18.2 Å². The number of benzene rings is 1. The van der Waals surface area contributed by atoms with E-state index in [2.05, 4.69) is 34.4 Å². The number of nitrogens with one attached hydrogen (secondary N) is 1. The summed E-state index contributed by atoms with van der Waals surface area (Å²) in [5.74, 6) is 0.880. The number of para-hydroxylation sites is 2. The van der Waals surface area contributed by atoms with Crippen molar-refractivity contribution < 1.29 is 4.79 Å². The molecule has 0 aliphatic heterocycles. The number of carbonyl (C=O) groups is 1. The summed E-state index contributed by atoms with van der Waals surface area (Å²) in [6.45, 7) is 7.12. The molecule has 0 spiro atoms. The molecule has 0 atom stereocenters. The summed E-state index contributed by atoms with van der Waals surface area (Å²) >= 11 is 0. The van der Waals surface area contributed by atoms with Gasteiger partial charge in [0, 0.05) is 19.5 Å². The predicted molar refractivity (Wildman–Crippen MR) is 76.9 cm³/mol. The van der Waals surface area contributed by atoms with Crippen molar-refractivity contribution >= 4 is 16.9 Å². The Balaban J connectivity index is 2.18. The van der Waals surface area contributed by atoms with Gasteiger partial charge in [0.1, 0.15) is 5.82 Å². The summed E-state index contributed by atoms with van der Waals surface area (Å²) in [6, 6.07) is 8.13. The Bertz CT molecular complexity index is 586. The van der Waals surface area contributed by atoms with E-state index in [0.29, 0.717) is 6.54 Å². The summed E-state index contributed by atoms with van der Waals surface area (Å²) in [5.41, 5.74) is 2.18. The third kappa shape index (κ3) is 3.02. The van der Waals surface area contributed by atoms with Gasteiger partial charge in [-0.25, -0.2) is 4.98 Å². The van der Waals surface area contributed by atoms with Gasteiger partial charge in [-0.1, -0.05) is 25.6 Å². The van der Waals surface area contributed by atoms with E-state index in [1.54, 1.807) is 0 Å². The maximum atomic E-state index is 11.1. The van der Waals surface area contributed by atoms with Crippen LogP contribution in [0.3, 0.4) is 0 Å². The van der Waals surface area contributed by atoms with Gasteiger partial charge in [0.15, 0.2) is 0 Å². The molecule has 0 aliphatic rings. The molecule has 100 valence electrons. The Morgan fingerprint density at radius 3 is 3.00 bits per heavy atom. The van der Waals surface area contributed by atoms with Crippen molar-refractivity contribution in [3.05, 3.63) is 42.7 Å². The summed E-state index contributed by atoms with van der Waals surface area (Å²) in [6.07, 6.45) is 3.08. The van der Waals surface area contributed by atoms with E-state index in [4.69, 9.17) is 0 Å². The van der Waals surface area contributed by atoms with Crippen LogP contribution in [0.25, 0.3) is 11.0 Å². The second-order valence-corrected chi connectivity index (χ2v) is 4.41. The maximum Gasteiger partial charge on any atom is 0.243 e. The molecule has 1 amide bonds. The molecule has 0 unspecified atom stereocenters. The maximum absolute atomic E-state index is 11.1. The molecule has 0 bridgehead atoms.